The summed E-state index contributed by atoms with van der Waals surface area (Å²) in [6.07, 6.45) is 0. The summed E-state index contributed by atoms with van der Waals surface area (Å²) in [6, 6.07) is 7.31. The Hall–Kier alpha value is -0.510. The third-order valence-electron chi connectivity index (χ3n) is 1.44. The van der Waals surface area contributed by atoms with Gasteiger partial charge in [0.2, 0.25) is 0 Å². The number of hydrogen-bond acceptors (Lipinski definition) is 2. The quantitative estimate of drug-likeness (QED) is 0.595. The van der Waals surface area contributed by atoms with E-state index < -0.39 is 5.97 Å². The zero-order chi connectivity index (χ0) is 8.97. The first kappa shape index (κ1) is 12.5. The Morgan fingerprint density at radius 1 is 1.54 bits per heavy atom. The van der Waals surface area contributed by atoms with Crippen molar-refractivity contribution in [2.45, 2.75) is 6.92 Å². The molecule has 1 aromatic carbocycles. The first-order valence-electron chi connectivity index (χ1n) is 3.60. The van der Waals surface area contributed by atoms with Gasteiger partial charge in [0.15, 0.2) is 6.61 Å². The van der Waals surface area contributed by atoms with Crippen LogP contribution >= 0.6 is 0 Å². The molecular formula is C9H11NaO3. The van der Waals surface area contributed by atoms with Crippen LogP contribution in [0.4, 0.5) is 0 Å². The molecule has 3 nitrogen and oxygen atoms in total. The van der Waals surface area contributed by atoms with Crippen LogP contribution in [0.3, 0.4) is 0 Å². The first-order chi connectivity index (χ1) is 5.70. The molecule has 0 saturated heterocycles. The van der Waals surface area contributed by atoms with E-state index >= 15 is 0 Å². The number of carboxylic acids is 1. The van der Waals surface area contributed by atoms with Crippen LogP contribution in [0.15, 0.2) is 24.3 Å². The molecule has 0 radical (unpaired) electrons. The van der Waals surface area contributed by atoms with Crippen molar-refractivity contribution >= 4 is 5.97 Å². The van der Waals surface area contributed by atoms with Crippen molar-refractivity contribution < 1.29 is 45.6 Å². The Labute approximate surface area is 100 Å². The van der Waals surface area contributed by atoms with E-state index in [1.165, 1.54) is 0 Å². The molecule has 0 saturated carbocycles. The Kier molecular flexibility index (Phi) is 5.79. The minimum atomic E-state index is -0.960. The number of para-hydroxylation sites is 1. The Morgan fingerprint density at radius 3 is 2.69 bits per heavy atom. The van der Waals surface area contributed by atoms with Crippen LogP contribution in [-0.4, -0.2) is 17.7 Å². The van der Waals surface area contributed by atoms with Crippen LogP contribution in [0, 0.1) is 6.92 Å². The largest absolute Gasteiger partial charge is 1.00 e. The van der Waals surface area contributed by atoms with E-state index in [0.29, 0.717) is 5.75 Å². The zero-order valence-electron chi connectivity index (χ0n) is 8.78. The summed E-state index contributed by atoms with van der Waals surface area (Å²) in [5.74, 6) is -0.335. The third kappa shape index (κ3) is 4.31. The molecule has 0 spiro atoms. The Balaban J connectivity index is 0. The fraction of sp³-hybridized carbons (Fsp3) is 0.222. The molecule has 0 amide bonds. The molecule has 0 aliphatic rings. The monoisotopic (exact) mass is 190 g/mol. The Bertz CT molecular complexity index is 291. The number of hydrogen-bond donors (Lipinski definition) is 1. The standard InChI is InChI=1S/C9H10O3.Na.H/c1-7-4-2-3-5-8(7)12-6-9(10)11;;/h2-5H,6H2,1H3,(H,10,11);;/q;+1;-1. The van der Waals surface area contributed by atoms with Crippen molar-refractivity contribution in [2.75, 3.05) is 6.61 Å². The van der Waals surface area contributed by atoms with Gasteiger partial charge in [-0.3, -0.25) is 0 Å². The van der Waals surface area contributed by atoms with Crippen molar-refractivity contribution in [1.29, 1.82) is 0 Å². The van der Waals surface area contributed by atoms with Gasteiger partial charge in [0.25, 0.3) is 0 Å². The SMILES string of the molecule is Cc1ccccc1OCC(=O)O.[H-].[Na+]. The van der Waals surface area contributed by atoms with Gasteiger partial charge in [-0.2, -0.15) is 0 Å². The van der Waals surface area contributed by atoms with E-state index in [0.717, 1.165) is 5.56 Å². The molecular weight excluding hydrogens is 179 g/mol. The van der Waals surface area contributed by atoms with Crippen molar-refractivity contribution in [1.82, 2.24) is 0 Å². The summed E-state index contributed by atoms with van der Waals surface area (Å²) in [6.45, 7) is 1.59. The molecule has 0 bridgehead atoms. The summed E-state index contributed by atoms with van der Waals surface area (Å²) in [5, 5.41) is 8.34. The van der Waals surface area contributed by atoms with Crippen LogP contribution < -0.4 is 34.3 Å². The molecule has 4 heteroatoms. The van der Waals surface area contributed by atoms with Crippen LogP contribution in [0.5, 0.6) is 5.75 Å². The van der Waals surface area contributed by atoms with Gasteiger partial charge in [-0.05, 0) is 18.6 Å². The van der Waals surface area contributed by atoms with Crippen LogP contribution in [0.1, 0.15) is 6.99 Å². The molecule has 66 valence electrons. The number of rotatable bonds is 3. The Morgan fingerprint density at radius 2 is 2.15 bits per heavy atom. The van der Waals surface area contributed by atoms with E-state index in [9.17, 15) is 4.79 Å². The second-order valence-electron chi connectivity index (χ2n) is 2.45. The number of aliphatic carboxylic acids is 1. The normalized spacial score (nSPS) is 8.69. The number of ether oxygens (including phenoxy) is 1. The van der Waals surface area contributed by atoms with Crippen molar-refractivity contribution in [3.8, 4) is 5.75 Å². The molecule has 0 aliphatic carbocycles. The molecule has 0 atom stereocenters. The summed E-state index contributed by atoms with van der Waals surface area (Å²) in [4.78, 5) is 10.2. The predicted octanol–water partition coefficient (Wildman–Crippen LogP) is -1.43. The second-order valence-corrected chi connectivity index (χ2v) is 2.45. The molecule has 0 fully saturated rings. The maximum Gasteiger partial charge on any atom is 1.00 e. The fourth-order valence-corrected chi connectivity index (χ4v) is 0.858. The van der Waals surface area contributed by atoms with E-state index in [2.05, 4.69) is 0 Å². The van der Waals surface area contributed by atoms with E-state index in [1.54, 1.807) is 6.07 Å². The van der Waals surface area contributed by atoms with Gasteiger partial charge in [0, 0.05) is 0 Å². The van der Waals surface area contributed by atoms with Crippen molar-refractivity contribution in [3.05, 3.63) is 29.8 Å². The number of carbonyl (C=O) groups is 1. The molecule has 1 N–H and O–H groups in total. The number of carboxylic acid groups (broad SMARTS) is 1. The summed E-state index contributed by atoms with van der Waals surface area (Å²) in [5.41, 5.74) is 0.943. The molecule has 1 rings (SSSR count). The molecule has 0 unspecified atom stereocenters. The van der Waals surface area contributed by atoms with Gasteiger partial charge in [-0.1, -0.05) is 18.2 Å². The average molecular weight is 190 g/mol. The maximum absolute atomic E-state index is 10.2. The number of benzene rings is 1. The average Bonchev–Trinajstić information content (AvgIpc) is 2.03. The molecule has 0 aliphatic heterocycles. The van der Waals surface area contributed by atoms with Gasteiger partial charge >= 0.3 is 35.5 Å². The van der Waals surface area contributed by atoms with Crippen molar-refractivity contribution in [3.63, 3.8) is 0 Å². The second kappa shape index (κ2) is 6.02. The smallest absolute Gasteiger partial charge is 1.00 e. The van der Waals surface area contributed by atoms with Gasteiger partial charge < -0.3 is 11.3 Å². The molecule has 0 heterocycles. The summed E-state index contributed by atoms with van der Waals surface area (Å²) in [7, 11) is 0. The number of aryl methyl sites for hydroxylation is 1. The van der Waals surface area contributed by atoms with E-state index in [-0.39, 0.29) is 37.6 Å². The first-order valence-corrected chi connectivity index (χ1v) is 3.60. The minimum absolute atomic E-state index is 0. The van der Waals surface area contributed by atoms with Crippen LogP contribution in [0.2, 0.25) is 0 Å². The molecule has 0 aromatic heterocycles. The minimum Gasteiger partial charge on any atom is -1.00 e. The molecule has 1 aromatic rings. The zero-order valence-corrected chi connectivity index (χ0v) is 9.78. The third-order valence-corrected chi connectivity index (χ3v) is 1.44. The maximum atomic E-state index is 10.2. The fourth-order valence-electron chi connectivity index (χ4n) is 0.858. The topological polar surface area (TPSA) is 46.5 Å². The van der Waals surface area contributed by atoms with E-state index in [1.807, 2.05) is 25.1 Å². The van der Waals surface area contributed by atoms with Gasteiger partial charge in [0.05, 0.1) is 0 Å². The van der Waals surface area contributed by atoms with Crippen LogP contribution in [0.25, 0.3) is 0 Å². The van der Waals surface area contributed by atoms with E-state index in [4.69, 9.17) is 9.84 Å². The van der Waals surface area contributed by atoms with Gasteiger partial charge in [0.1, 0.15) is 5.75 Å². The van der Waals surface area contributed by atoms with Crippen molar-refractivity contribution in [2.24, 2.45) is 0 Å². The van der Waals surface area contributed by atoms with Crippen LogP contribution in [-0.2, 0) is 4.79 Å². The summed E-state index contributed by atoms with van der Waals surface area (Å²) >= 11 is 0. The predicted molar refractivity (Wildman–Crippen MR) is 45.4 cm³/mol. The van der Waals surface area contributed by atoms with Gasteiger partial charge in [-0.25, -0.2) is 4.79 Å². The van der Waals surface area contributed by atoms with Gasteiger partial charge in [-0.15, -0.1) is 0 Å². The molecule has 13 heavy (non-hydrogen) atoms. The summed E-state index contributed by atoms with van der Waals surface area (Å²) < 4.78 is 5.00.